The van der Waals surface area contributed by atoms with Gasteiger partial charge in [0.15, 0.2) is 0 Å². The number of aromatic nitrogens is 3. The van der Waals surface area contributed by atoms with E-state index >= 15 is 0 Å². The Hall–Kier alpha value is -2.47. The molecule has 2 aromatic heterocycles. The largest absolute Gasteiger partial charge is 0.334 e. The molecule has 3 aromatic rings. The van der Waals surface area contributed by atoms with E-state index < -0.39 is 0 Å². The van der Waals surface area contributed by atoms with Gasteiger partial charge in [-0.1, -0.05) is 34.6 Å². The average molecular weight is 385 g/mol. The molecule has 24 heavy (non-hydrogen) atoms. The second kappa shape index (κ2) is 6.97. The zero-order valence-corrected chi connectivity index (χ0v) is 14.9. The molecule has 1 aromatic carbocycles. The predicted molar refractivity (Wildman–Crippen MR) is 97.8 cm³/mol. The van der Waals surface area contributed by atoms with Crippen LogP contribution in [0.5, 0.6) is 0 Å². The van der Waals surface area contributed by atoms with E-state index in [-0.39, 0.29) is 5.91 Å². The number of carbonyl (C=O) groups is 1. The number of carbonyl (C=O) groups excluding carboxylic acids is 1. The number of pyridine rings is 1. The maximum absolute atomic E-state index is 12.5. The van der Waals surface area contributed by atoms with E-state index in [1.807, 2.05) is 24.3 Å². The van der Waals surface area contributed by atoms with Gasteiger partial charge in [-0.15, -0.1) is 0 Å². The third-order valence-corrected chi connectivity index (χ3v) is 3.97. The van der Waals surface area contributed by atoms with Gasteiger partial charge in [-0.2, -0.15) is 0 Å². The molecule has 6 heteroatoms. The van der Waals surface area contributed by atoms with Gasteiger partial charge in [0.2, 0.25) is 0 Å². The number of hydrogen-bond acceptors (Lipinski definition) is 3. The summed E-state index contributed by atoms with van der Waals surface area (Å²) in [5.41, 5.74) is 2.55. The number of benzene rings is 1. The minimum absolute atomic E-state index is 0.0614. The zero-order chi connectivity index (χ0) is 17.1. The second-order valence-corrected chi connectivity index (χ2v) is 6.64. The van der Waals surface area contributed by atoms with E-state index in [1.54, 1.807) is 36.5 Å². The van der Waals surface area contributed by atoms with Crippen LogP contribution in [-0.2, 0) is 13.1 Å². The molecule has 0 N–H and O–H groups in total. The molecule has 2 heterocycles. The van der Waals surface area contributed by atoms with Gasteiger partial charge < -0.3 is 9.47 Å². The summed E-state index contributed by atoms with van der Waals surface area (Å²) >= 11 is 3.42. The Bertz CT molecular complexity index is 888. The summed E-state index contributed by atoms with van der Waals surface area (Å²) in [7, 11) is 1.77. The van der Waals surface area contributed by atoms with E-state index in [2.05, 4.69) is 37.0 Å². The first-order chi connectivity index (χ1) is 11.6. The number of nitrogens with zero attached hydrogens (tertiary/aromatic N) is 4. The highest BCUT2D eigenvalue weighted by Crippen LogP contribution is 2.20. The van der Waals surface area contributed by atoms with Crippen molar-refractivity contribution in [2.75, 3.05) is 7.05 Å². The normalized spacial score (nSPS) is 10.8. The van der Waals surface area contributed by atoms with Crippen molar-refractivity contribution in [3.8, 4) is 0 Å². The first kappa shape index (κ1) is 16.4. The molecule has 122 valence electrons. The summed E-state index contributed by atoms with van der Waals surface area (Å²) in [5.74, 6) is 0.760. The molecule has 5 nitrogen and oxygen atoms in total. The average Bonchev–Trinajstić information content (AvgIpc) is 2.92. The molecule has 0 saturated carbocycles. The lowest BCUT2D eigenvalue weighted by Crippen LogP contribution is -2.27. The molecule has 0 atom stereocenters. The highest BCUT2D eigenvalue weighted by Gasteiger charge is 2.17. The maximum Gasteiger partial charge on any atom is 0.254 e. The minimum Gasteiger partial charge on any atom is -0.334 e. The van der Waals surface area contributed by atoms with Gasteiger partial charge in [-0.05, 0) is 24.3 Å². The Balaban J connectivity index is 1.91. The van der Waals surface area contributed by atoms with Crippen LogP contribution in [0, 0.1) is 0 Å². The quantitative estimate of drug-likeness (QED) is 0.674. The molecule has 0 radical (unpaired) electrons. The van der Waals surface area contributed by atoms with Crippen molar-refractivity contribution < 1.29 is 4.79 Å². The molecule has 0 aliphatic heterocycles. The summed E-state index contributed by atoms with van der Waals surface area (Å²) in [5, 5.41) is 0. The molecular weight excluding hydrogens is 368 g/mol. The Morgan fingerprint density at radius 2 is 1.96 bits per heavy atom. The lowest BCUT2D eigenvalue weighted by Gasteiger charge is -2.18. The van der Waals surface area contributed by atoms with Crippen LogP contribution >= 0.6 is 15.9 Å². The summed E-state index contributed by atoms with van der Waals surface area (Å²) in [6, 6.07) is 11.3. The molecule has 0 unspecified atom stereocenters. The van der Waals surface area contributed by atoms with Crippen molar-refractivity contribution >= 4 is 32.9 Å². The van der Waals surface area contributed by atoms with E-state index in [1.165, 1.54) is 0 Å². The molecule has 1 amide bonds. The highest BCUT2D eigenvalue weighted by molar-refractivity contribution is 9.11. The minimum atomic E-state index is -0.0614. The van der Waals surface area contributed by atoms with Crippen LogP contribution in [0.2, 0.25) is 0 Å². The second-order valence-electron chi connectivity index (χ2n) is 5.52. The van der Waals surface area contributed by atoms with Crippen LogP contribution in [0.1, 0.15) is 16.2 Å². The third kappa shape index (κ3) is 3.38. The molecule has 3 rings (SSSR count). The SMILES string of the molecule is C=C(Br)Cn1c(CN(C)C(=O)c2ccncc2)nc2ccccc21. The Kier molecular flexibility index (Phi) is 4.76. The third-order valence-electron chi connectivity index (χ3n) is 3.72. The van der Waals surface area contributed by atoms with Crippen LogP contribution < -0.4 is 0 Å². The van der Waals surface area contributed by atoms with Crippen molar-refractivity contribution in [1.29, 1.82) is 0 Å². The zero-order valence-electron chi connectivity index (χ0n) is 13.3. The lowest BCUT2D eigenvalue weighted by molar-refractivity contribution is 0.0780. The van der Waals surface area contributed by atoms with E-state index in [9.17, 15) is 4.79 Å². The van der Waals surface area contributed by atoms with Crippen molar-refractivity contribution in [2.45, 2.75) is 13.1 Å². The first-order valence-corrected chi connectivity index (χ1v) is 8.28. The molecule has 0 aliphatic rings. The number of amides is 1. The molecule has 0 bridgehead atoms. The number of rotatable bonds is 5. The smallest absolute Gasteiger partial charge is 0.254 e. The van der Waals surface area contributed by atoms with Gasteiger partial charge >= 0.3 is 0 Å². The summed E-state index contributed by atoms with van der Waals surface area (Å²) in [6.07, 6.45) is 3.23. The van der Waals surface area contributed by atoms with Gasteiger partial charge in [-0.3, -0.25) is 9.78 Å². The fourth-order valence-corrected chi connectivity index (χ4v) is 2.84. The monoisotopic (exact) mass is 384 g/mol. The van der Waals surface area contributed by atoms with Crippen molar-refractivity contribution in [3.63, 3.8) is 0 Å². The van der Waals surface area contributed by atoms with Gasteiger partial charge in [0, 0.05) is 29.5 Å². The van der Waals surface area contributed by atoms with E-state index in [0.717, 1.165) is 21.3 Å². The fraction of sp³-hybridized carbons (Fsp3) is 0.167. The number of halogens is 1. The Labute approximate surface area is 148 Å². The van der Waals surface area contributed by atoms with E-state index in [4.69, 9.17) is 0 Å². The topological polar surface area (TPSA) is 51.0 Å². The number of hydrogen-bond donors (Lipinski definition) is 0. The van der Waals surface area contributed by atoms with Crippen LogP contribution in [0.15, 0.2) is 59.9 Å². The predicted octanol–water partition coefficient (Wildman–Crippen LogP) is 3.61. The molecular formula is C18H17BrN4O. The number of fused-ring (bicyclic) bond motifs is 1. The van der Waals surface area contributed by atoms with Crippen molar-refractivity contribution in [2.24, 2.45) is 0 Å². The van der Waals surface area contributed by atoms with E-state index in [0.29, 0.717) is 18.7 Å². The van der Waals surface area contributed by atoms with Crippen LogP contribution in [0.25, 0.3) is 11.0 Å². The molecule has 0 aliphatic carbocycles. The Morgan fingerprint density at radius 1 is 1.25 bits per heavy atom. The van der Waals surface area contributed by atoms with Gasteiger partial charge in [-0.25, -0.2) is 4.98 Å². The first-order valence-electron chi connectivity index (χ1n) is 7.49. The van der Waals surface area contributed by atoms with Crippen molar-refractivity contribution in [3.05, 3.63) is 71.2 Å². The number of imidazole rings is 1. The van der Waals surface area contributed by atoms with Crippen LogP contribution in [0.4, 0.5) is 0 Å². The van der Waals surface area contributed by atoms with Gasteiger partial charge in [0.25, 0.3) is 5.91 Å². The Morgan fingerprint density at radius 3 is 2.67 bits per heavy atom. The molecule has 0 spiro atoms. The van der Waals surface area contributed by atoms with Gasteiger partial charge in [0.1, 0.15) is 5.82 Å². The number of allylic oxidation sites excluding steroid dienone is 1. The molecule has 0 saturated heterocycles. The van der Waals surface area contributed by atoms with Crippen LogP contribution in [-0.4, -0.2) is 32.4 Å². The maximum atomic E-state index is 12.5. The molecule has 0 fully saturated rings. The van der Waals surface area contributed by atoms with Gasteiger partial charge in [0.05, 0.1) is 24.1 Å². The number of para-hydroxylation sites is 2. The highest BCUT2D eigenvalue weighted by atomic mass is 79.9. The standard InChI is InChI=1S/C18H17BrN4O/c1-13(19)11-23-16-6-4-3-5-15(16)21-17(23)12-22(2)18(24)14-7-9-20-10-8-14/h3-10H,1,11-12H2,2H3. The summed E-state index contributed by atoms with van der Waals surface area (Å²) < 4.78 is 2.93. The summed E-state index contributed by atoms with van der Waals surface area (Å²) in [6.45, 7) is 4.94. The van der Waals surface area contributed by atoms with Crippen LogP contribution in [0.3, 0.4) is 0 Å². The lowest BCUT2D eigenvalue weighted by atomic mass is 10.2. The van der Waals surface area contributed by atoms with Crippen molar-refractivity contribution in [1.82, 2.24) is 19.4 Å². The summed E-state index contributed by atoms with van der Waals surface area (Å²) in [4.78, 5) is 22.8. The fourth-order valence-electron chi connectivity index (χ4n) is 2.59.